The maximum atomic E-state index is 8.53. The zero-order valence-electron chi connectivity index (χ0n) is 20.5. The van der Waals surface area contributed by atoms with Crippen molar-refractivity contribution in [3.8, 4) is 0 Å². The summed E-state index contributed by atoms with van der Waals surface area (Å²) in [5, 5.41) is 29.7. The van der Waals surface area contributed by atoms with E-state index in [1.165, 1.54) is 43.5 Å². The van der Waals surface area contributed by atoms with Gasteiger partial charge in [0.1, 0.15) is 28.5 Å². The molecule has 0 aliphatic heterocycles. The summed E-state index contributed by atoms with van der Waals surface area (Å²) in [4.78, 5) is 0. The molecule has 0 atom stereocenters. The van der Waals surface area contributed by atoms with Crippen LogP contribution in [0.2, 0.25) is 0 Å². The van der Waals surface area contributed by atoms with E-state index in [0.717, 1.165) is 0 Å². The van der Waals surface area contributed by atoms with E-state index < -0.39 is 14.6 Å². The Balaban J connectivity index is 0.000000758. The Labute approximate surface area is 216 Å². The molecule has 0 bridgehead atoms. The molecule has 0 saturated carbocycles. The molecule has 0 aromatic heterocycles. The third-order valence-electron chi connectivity index (χ3n) is 5.56. The number of aryl methyl sites for hydroxylation is 4. The van der Waals surface area contributed by atoms with Crippen LogP contribution in [0.25, 0.3) is 0 Å². The van der Waals surface area contributed by atoms with Crippen LogP contribution < -0.4 is 50.1 Å². The van der Waals surface area contributed by atoms with Crippen LogP contribution in [0.15, 0.2) is 97.1 Å². The number of hydrogen-bond donors (Lipinski definition) is 1. The molecule has 0 fully saturated rings. The minimum atomic E-state index is -2.67. The van der Waals surface area contributed by atoms with Gasteiger partial charge in [-0.15, -0.1) is 0 Å². The SMILES string of the molecule is Cc1cccc([P+](c2cccc(C)c2)(c2cccc(C)c2)c2cccc(C)c2)c1.[Li+].[O-]B([O-])O. The first-order chi connectivity index (χ1) is 15.7. The fraction of sp³-hybridized carbons (Fsp3) is 0.143. The van der Waals surface area contributed by atoms with Crippen molar-refractivity contribution in [3.63, 3.8) is 0 Å². The Morgan fingerprint density at radius 1 is 0.529 bits per heavy atom. The van der Waals surface area contributed by atoms with Gasteiger partial charge >= 0.3 is 18.9 Å². The van der Waals surface area contributed by atoms with E-state index in [-0.39, 0.29) is 18.9 Å². The Morgan fingerprint density at radius 2 is 0.735 bits per heavy atom. The predicted octanol–water partition coefficient (Wildman–Crippen LogP) is -0.772. The summed E-state index contributed by atoms with van der Waals surface area (Å²) >= 11 is 0. The first kappa shape index (κ1) is 28.1. The normalized spacial score (nSPS) is 10.6. The zero-order valence-corrected chi connectivity index (χ0v) is 21.4. The van der Waals surface area contributed by atoms with E-state index in [0.29, 0.717) is 0 Å². The number of hydrogen-bond acceptors (Lipinski definition) is 3. The largest absolute Gasteiger partial charge is 1.00 e. The molecular formula is C28H29BLiO3P. The Bertz CT molecular complexity index is 1040. The van der Waals surface area contributed by atoms with Gasteiger partial charge < -0.3 is 15.1 Å². The second-order valence-electron chi connectivity index (χ2n) is 8.33. The molecule has 0 aliphatic carbocycles. The molecule has 0 saturated heterocycles. The fourth-order valence-electron chi connectivity index (χ4n) is 4.24. The zero-order chi connectivity index (χ0) is 24.0. The summed E-state index contributed by atoms with van der Waals surface area (Å²) in [6, 6.07) is 36.5. The van der Waals surface area contributed by atoms with Crippen LogP contribution in [0.1, 0.15) is 22.3 Å². The van der Waals surface area contributed by atoms with E-state index in [4.69, 9.17) is 15.1 Å². The first-order valence-electron chi connectivity index (χ1n) is 10.9. The van der Waals surface area contributed by atoms with Crippen molar-refractivity contribution in [1.29, 1.82) is 0 Å². The molecule has 1 N–H and O–H groups in total. The van der Waals surface area contributed by atoms with E-state index >= 15 is 0 Å². The van der Waals surface area contributed by atoms with Crippen molar-refractivity contribution in [1.82, 2.24) is 0 Å². The fourth-order valence-corrected chi connectivity index (χ4v) is 8.86. The van der Waals surface area contributed by atoms with Gasteiger partial charge in [0, 0.05) is 0 Å². The first-order valence-corrected chi connectivity index (χ1v) is 12.7. The molecule has 4 rings (SSSR count). The average molecular weight is 462 g/mol. The van der Waals surface area contributed by atoms with Crippen LogP contribution in [-0.4, -0.2) is 12.3 Å². The predicted molar refractivity (Wildman–Crippen MR) is 138 cm³/mol. The third kappa shape index (κ3) is 6.50. The molecule has 0 aliphatic rings. The van der Waals surface area contributed by atoms with Crippen LogP contribution in [0, 0.1) is 27.7 Å². The van der Waals surface area contributed by atoms with Gasteiger partial charge in [-0.05, 0) is 98.5 Å². The van der Waals surface area contributed by atoms with Crippen LogP contribution in [0.5, 0.6) is 0 Å². The molecule has 0 radical (unpaired) electrons. The van der Waals surface area contributed by atoms with E-state index in [9.17, 15) is 0 Å². The Morgan fingerprint density at radius 3 is 0.912 bits per heavy atom. The smallest absolute Gasteiger partial charge is 0.871 e. The molecule has 4 aromatic rings. The molecule has 0 heterocycles. The van der Waals surface area contributed by atoms with Crippen LogP contribution in [-0.2, 0) is 0 Å². The minimum absolute atomic E-state index is 0. The molecular weight excluding hydrogens is 433 g/mol. The monoisotopic (exact) mass is 462 g/mol. The molecule has 168 valence electrons. The van der Waals surface area contributed by atoms with Crippen molar-refractivity contribution in [2.24, 2.45) is 0 Å². The molecule has 0 amide bonds. The molecule has 34 heavy (non-hydrogen) atoms. The summed E-state index contributed by atoms with van der Waals surface area (Å²) < 4.78 is 0. The summed E-state index contributed by atoms with van der Waals surface area (Å²) in [5.74, 6) is 0. The Hall–Kier alpha value is -2.15. The topological polar surface area (TPSA) is 66.3 Å². The van der Waals surface area contributed by atoms with E-state index in [2.05, 4.69) is 125 Å². The average Bonchev–Trinajstić information content (AvgIpc) is 2.74. The summed E-state index contributed by atoms with van der Waals surface area (Å²) in [6.07, 6.45) is 0. The standard InChI is InChI=1S/C28H28P.BHO3.Li/c1-21-9-5-13-25(17-21)29(26-14-6-10-22(2)18-26,27-15-7-11-23(3)19-27)28-16-8-12-24(4)20-28;2-1(3)4;/h5-20H,1-4H3;2H;/q+1;-2;+1. The van der Waals surface area contributed by atoms with Gasteiger partial charge in [-0.3, -0.25) is 0 Å². The van der Waals surface area contributed by atoms with Gasteiger partial charge in [0.15, 0.2) is 0 Å². The second kappa shape index (κ2) is 12.5. The van der Waals surface area contributed by atoms with E-state index in [1.807, 2.05) is 0 Å². The molecule has 4 aromatic carbocycles. The van der Waals surface area contributed by atoms with Crippen molar-refractivity contribution < 1.29 is 33.9 Å². The maximum absolute atomic E-state index is 8.53. The molecule has 0 spiro atoms. The molecule has 3 nitrogen and oxygen atoms in total. The summed E-state index contributed by atoms with van der Waals surface area (Å²) in [5.41, 5.74) is 5.22. The Kier molecular flexibility index (Phi) is 10.3. The number of benzene rings is 4. The molecule has 0 unspecified atom stereocenters. The third-order valence-corrected chi connectivity index (χ3v) is 9.77. The van der Waals surface area contributed by atoms with Gasteiger partial charge in [0.2, 0.25) is 0 Å². The van der Waals surface area contributed by atoms with Crippen LogP contribution in [0.4, 0.5) is 0 Å². The van der Waals surface area contributed by atoms with Crippen molar-refractivity contribution in [2.75, 3.05) is 0 Å². The van der Waals surface area contributed by atoms with Crippen LogP contribution >= 0.6 is 7.26 Å². The van der Waals surface area contributed by atoms with Gasteiger partial charge in [-0.1, -0.05) is 48.5 Å². The van der Waals surface area contributed by atoms with Gasteiger partial charge in [0.25, 0.3) is 0 Å². The maximum Gasteiger partial charge on any atom is 1.00 e. The quantitative estimate of drug-likeness (QED) is 0.320. The second-order valence-corrected chi connectivity index (χ2v) is 11.7. The van der Waals surface area contributed by atoms with E-state index in [1.54, 1.807) is 0 Å². The van der Waals surface area contributed by atoms with Crippen molar-refractivity contribution in [3.05, 3.63) is 119 Å². The van der Waals surface area contributed by atoms with Crippen LogP contribution in [0.3, 0.4) is 0 Å². The van der Waals surface area contributed by atoms with Gasteiger partial charge in [0.05, 0.1) is 7.32 Å². The van der Waals surface area contributed by atoms with Crippen molar-refractivity contribution in [2.45, 2.75) is 27.7 Å². The minimum Gasteiger partial charge on any atom is -0.871 e. The number of rotatable bonds is 4. The van der Waals surface area contributed by atoms with Gasteiger partial charge in [-0.25, -0.2) is 0 Å². The summed E-state index contributed by atoms with van der Waals surface area (Å²) in [6.45, 7) is 8.78. The molecule has 6 heteroatoms. The summed E-state index contributed by atoms with van der Waals surface area (Å²) in [7, 11) is -4.68. The van der Waals surface area contributed by atoms with Crippen molar-refractivity contribution >= 4 is 35.8 Å². The van der Waals surface area contributed by atoms with Gasteiger partial charge in [-0.2, -0.15) is 0 Å².